The van der Waals surface area contributed by atoms with Gasteiger partial charge in [-0.3, -0.25) is 4.98 Å². The zero-order valence-corrected chi connectivity index (χ0v) is 16.3. The van der Waals surface area contributed by atoms with Gasteiger partial charge in [0.2, 0.25) is 0 Å². The summed E-state index contributed by atoms with van der Waals surface area (Å²) in [6.07, 6.45) is 3.47. The van der Waals surface area contributed by atoms with Gasteiger partial charge in [-0.05, 0) is 48.4 Å². The molecule has 3 heterocycles. The summed E-state index contributed by atoms with van der Waals surface area (Å²) in [6.45, 7) is 2.03. The van der Waals surface area contributed by atoms with Crippen LogP contribution in [0.25, 0.3) is 0 Å². The zero-order valence-electron chi connectivity index (χ0n) is 15.6. The van der Waals surface area contributed by atoms with Crippen LogP contribution in [0.5, 0.6) is 5.75 Å². The molecule has 148 valence electrons. The molecule has 2 aromatic heterocycles. The predicted molar refractivity (Wildman–Crippen MR) is 108 cm³/mol. The molecule has 1 aliphatic rings. The quantitative estimate of drug-likeness (QED) is 0.624. The second-order valence-corrected chi connectivity index (χ2v) is 7.15. The van der Waals surface area contributed by atoms with Gasteiger partial charge in [-0.25, -0.2) is 14.2 Å². The second kappa shape index (κ2) is 7.67. The lowest BCUT2D eigenvalue weighted by Gasteiger charge is -2.39. The summed E-state index contributed by atoms with van der Waals surface area (Å²) >= 11 is 5.79. The molecule has 1 aliphatic heterocycles. The molecule has 4 rings (SSSR count). The molecule has 3 aromatic rings. The molecule has 8 heteroatoms. The molecule has 6 nitrogen and oxygen atoms in total. The van der Waals surface area contributed by atoms with Gasteiger partial charge < -0.3 is 15.4 Å². The summed E-state index contributed by atoms with van der Waals surface area (Å²) in [6, 6.07) is 11.2. The van der Waals surface area contributed by atoms with Crippen LogP contribution in [0, 0.1) is 12.7 Å². The standard InChI is InChI=1S/C21H18ClFN4O2/c1-13-4-5-14(11-16(13)23)21(8-10-29-17-3-2-9-24-19(17)21)27-20(28)26-15-6-7-18(22)25-12-15/h2-7,9,11-12H,8,10H2,1H3,(H2,26,27,28)/t21-/m0/s1. The number of aromatic nitrogens is 2. The molecule has 0 aliphatic carbocycles. The van der Waals surface area contributed by atoms with E-state index in [4.69, 9.17) is 16.3 Å². The molecule has 0 saturated heterocycles. The van der Waals surface area contributed by atoms with Gasteiger partial charge >= 0.3 is 6.03 Å². The summed E-state index contributed by atoms with van der Waals surface area (Å²) < 4.78 is 20.1. The maximum absolute atomic E-state index is 14.4. The summed E-state index contributed by atoms with van der Waals surface area (Å²) in [5.74, 6) is 0.197. The Labute approximate surface area is 172 Å². The van der Waals surface area contributed by atoms with Crippen LogP contribution in [-0.2, 0) is 5.54 Å². The SMILES string of the molecule is Cc1ccc([C@@]2(NC(=O)Nc3ccc(Cl)nc3)CCOc3cccnc32)cc1F. The summed E-state index contributed by atoms with van der Waals surface area (Å²) in [7, 11) is 0. The van der Waals surface area contributed by atoms with Crippen molar-refractivity contribution < 1.29 is 13.9 Å². The van der Waals surface area contributed by atoms with E-state index in [-0.39, 0.29) is 5.82 Å². The van der Waals surface area contributed by atoms with Crippen molar-refractivity contribution in [3.63, 3.8) is 0 Å². The van der Waals surface area contributed by atoms with Gasteiger partial charge in [0.25, 0.3) is 0 Å². The molecule has 1 aromatic carbocycles. The average Bonchev–Trinajstić information content (AvgIpc) is 2.72. The molecule has 2 amide bonds. The Morgan fingerprint density at radius 3 is 2.86 bits per heavy atom. The number of anilines is 1. The molecular weight excluding hydrogens is 395 g/mol. The number of carbonyl (C=O) groups is 1. The maximum atomic E-state index is 14.4. The number of carbonyl (C=O) groups excluding carboxylic acids is 1. The van der Waals surface area contributed by atoms with Gasteiger partial charge in [0.1, 0.15) is 28.0 Å². The highest BCUT2D eigenvalue weighted by molar-refractivity contribution is 6.29. The van der Waals surface area contributed by atoms with Crippen LogP contribution in [0.3, 0.4) is 0 Å². The summed E-state index contributed by atoms with van der Waals surface area (Å²) in [5, 5.41) is 6.05. The minimum atomic E-state index is -1.05. The third-order valence-electron chi connectivity index (χ3n) is 4.89. The molecule has 0 radical (unpaired) electrons. The molecule has 0 fully saturated rings. The Balaban J connectivity index is 1.74. The van der Waals surface area contributed by atoms with Gasteiger partial charge in [-0.15, -0.1) is 0 Å². The normalized spacial score (nSPS) is 17.8. The third-order valence-corrected chi connectivity index (χ3v) is 5.11. The van der Waals surface area contributed by atoms with Gasteiger partial charge in [0.05, 0.1) is 18.5 Å². The van der Waals surface area contributed by atoms with Gasteiger partial charge in [-0.1, -0.05) is 23.7 Å². The number of nitrogens with one attached hydrogen (secondary N) is 2. The number of ether oxygens (including phenoxy) is 1. The van der Waals surface area contributed by atoms with Crippen molar-refractivity contribution in [3.05, 3.63) is 82.6 Å². The molecule has 2 N–H and O–H groups in total. The van der Waals surface area contributed by atoms with Crippen molar-refractivity contribution in [1.29, 1.82) is 0 Å². The van der Waals surface area contributed by atoms with Crippen LogP contribution in [0.15, 0.2) is 54.9 Å². The lowest BCUT2D eigenvalue weighted by Crippen LogP contribution is -2.51. The van der Waals surface area contributed by atoms with E-state index in [1.165, 1.54) is 12.3 Å². The van der Waals surface area contributed by atoms with Gasteiger partial charge in [-0.2, -0.15) is 0 Å². The first-order valence-electron chi connectivity index (χ1n) is 9.03. The van der Waals surface area contributed by atoms with E-state index in [0.717, 1.165) is 0 Å². The first-order valence-corrected chi connectivity index (χ1v) is 9.41. The number of hydrogen-bond donors (Lipinski definition) is 2. The first kappa shape index (κ1) is 19.1. The smallest absolute Gasteiger partial charge is 0.320 e. The van der Waals surface area contributed by atoms with E-state index in [1.807, 2.05) is 0 Å². The fourth-order valence-corrected chi connectivity index (χ4v) is 3.51. The Kier molecular flexibility index (Phi) is 5.07. The van der Waals surface area contributed by atoms with Crippen molar-refractivity contribution in [3.8, 4) is 5.75 Å². The summed E-state index contributed by atoms with van der Waals surface area (Å²) in [4.78, 5) is 21.3. The van der Waals surface area contributed by atoms with Crippen LogP contribution < -0.4 is 15.4 Å². The number of aryl methyl sites for hydroxylation is 1. The van der Waals surface area contributed by atoms with E-state index in [1.54, 1.807) is 49.5 Å². The topological polar surface area (TPSA) is 76.1 Å². The average molecular weight is 413 g/mol. The first-order chi connectivity index (χ1) is 14.0. The van der Waals surface area contributed by atoms with Gasteiger partial charge in [0.15, 0.2) is 0 Å². The zero-order chi connectivity index (χ0) is 20.4. The second-order valence-electron chi connectivity index (χ2n) is 6.77. The van der Waals surface area contributed by atoms with Crippen molar-refractivity contribution in [2.45, 2.75) is 18.9 Å². The number of pyridine rings is 2. The molecule has 0 unspecified atom stereocenters. The monoisotopic (exact) mass is 412 g/mol. The molecule has 0 bridgehead atoms. The number of halogens is 2. The van der Waals surface area contributed by atoms with Crippen molar-refractivity contribution in [1.82, 2.24) is 15.3 Å². The number of hydrogen-bond acceptors (Lipinski definition) is 4. The van der Waals surface area contributed by atoms with E-state index in [9.17, 15) is 9.18 Å². The minimum Gasteiger partial charge on any atom is -0.491 e. The number of amides is 2. The third kappa shape index (κ3) is 3.73. The Hall–Kier alpha value is -3.19. The molecule has 1 atom stereocenters. The number of rotatable bonds is 3. The number of benzene rings is 1. The fraction of sp³-hybridized carbons (Fsp3) is 0.190. The van der Waals surface area contributed by atoms with Crippen molar-refractivity contribution in [2.75, 3.05) is 11.9 Å². The Morgan fingerprint density at radius 1 is 1.24 bits per heavy atom. The largest absolute Gasteiger partial charge is 0.491 e. The van der Waals surface area contributed by atoms with Crippen molar-refractivity contribution in [2.24, 2.45) is 0 Å². The van der Waals surface area contributed by atoms with Crippen molar-refractivity contribution >= 4 is 23.3 Å². The van der Waals surface area contributed by atoms with Crippen LogP contribution in [0.2, 0.25) is 5.15 Å². The predicted octanol–water partition coefficient (Wildman–Crippen LogP) is 4.43. The fourth-order valence-electron chi connectivity index (χ4n) is 3.40. The van der Waals surface area contributed by atoms with E-state index >= 15 is 0 Å². The highest BCUT2D eigenvalue weighted by Crippen LogP contribution is 2.40. The molecule has 0 saturated carbocycles. The minimum absolute atomic E-state index is 0.324. The Bertz CT molecular complexity index is 1060. The van der Waals surface area contributed by atoms with E-state index in [0.29, 0.717) is 46.4 Å². The highest BCUT2D eigenvalue weighted by Gasteiger charge is 2.42. The molecule has 0 spiro atoms. The van der Waals surface area contributed by atoms with E-state index in [2.05, 4.69) is 20.6 Å². The van der Waals surface area contributed by atoms with Crippen LogP contribution in [0.1, 0.15) is 23.2 Å². The lowest BCUT2D eigenvalue weighted by molar-refractivity contribution is 0.200. The van der Waals surface area contributed by atoms with Crippen LogP contribution in [0.4, 0.5) is 14.9 Å². The molecule has 29 heavy (non-hydrogen) atoms. The van der Waals surface area contributed by atoms with Crippen LogP contribution in [-0.4, -0.2) is 22.6 Å². The number of nitrogens with zero attached hydrogens (tertiary/aromatic N) is 2. The lowest BCUT2D eigenvalue weighted by atomic mass is 9.81. The maximum Gasteiger partial charge on any atom is 0.320 e. The number of urea groups is 1. The van der Waals surface area contributed by atoms with Gasteiger partial charge in [0, 0.05) is 12.6 Å². The van der Waals surface area contributed by atoms with Crippen LogP contribution >= 0.6 is 11.6 Å². The molecular formula is C21H18ClFN4O2. The highest BCUT2D eigenvalue weighted by atomic mass is 35.5. The Morgan fingerprint density at radius 2 is 2.10 bits per heavy atom. The number of fused-ring (bicyclic) bond motifs is 1. The summed E-state index contributed by atoms with van der Waals surface area (Å²) in [5.41, 5.74) is 1.07. The van der Waals surface area contributed by atoms with E-state index < -0.39 is 11.6 Å².